The molecule has 2 aromatic rings. The van der Waals surface area contributed by atoms with Crippen molar-refractivity contribution in [2.45, 2.75) is 6.42 Å². The van der Waals surface area contributed by atoms with Crippen LogP contribution in [0.3, 0.4) is 0 Å². The average molecular weight is 295 g/mol. The standard InChI is InChI=1S/C13H11BrO3/c1-16-12-5-3-2-4-9(12)8-11(15)10-6-7-17-13(10)14/h2-7H,8H2,1H3. The van der Waals surface area contributed by atoms with Crippen LogP contribution in [0.15, 0.2) is 45.7 Å². The third-order valence-corrected chi connectivity index (χ3v) is 3.08. The van der Waals surface area contributed by atoms with E-state index in [9.17, 15) is 4.79 Å². The summed E-state index contributed by atoms with van der Waals surface area (Å²) in [6, 6.07) is 9.13. The summed E-state index contributed by atoms with van der Waals surface area (Å²) in [6.07, 6.45) is 1.78. The molecular formula is C13H11BrO3. The predicted octanol–water partition coefficient (Wildman–Crippen LogP) is 3.48. The molecule has 0 saturated carbocycles. The van der Waals surface area contributed by atoms with Gasteiger partial charge < -0.3 is 9.15 Å². The number of methoxy groups -OCH3 is 1. The zero-order valence-electron chi connectivity index (χ0n) is 9.27. The minimum Gasteiger partial charge on any atom is -0.496 e. The van der Waals surface area contributed by atoms with Crippen molar-refractivity contribution in [3.63, 3.8) is 0 Å². The Morgan fingerprint density at radius 1 is 1.35 bits per heavy atom. The van der Waals surface area contributed by atoms with Crippen LogP contribution in [-0.4, -0.2) is 12.9 Å². The minimum absolute atomic E-state index is 0.00451. The highest BCUT2D eigenvalue weighted by atomic mass is 79.9. The van der Waals surface area contributed by atoms with E-state index >= 15 is 0 Å². The van der Waals surface area contributed by atoms with Gasteiger partial charge in [0.25, 0.3) is 0 Å². The van der Waals surface area contributed by atoms with Crippen molar-refractivity contribution in [1.82, 2.24) is 0 Å². The molecule has 0 bridgehead atoms. The number of benzene rings is 1. The van der Waals surface area contributed by atoms with Crippen molar-refractivity contribution < 1.29 is 13.9 Å². The van der Waals surface area contributed by atoms with E-state index in [-0.39, 0.29) is 5.78 Å². The summed E-state index contributed by atoms with van der Waals surface area (Å²) in [4.78, 5) is 12.0. The van der Waals surface area contributed by atoms with Gasteiger partial charge in [0.05, 0.1) is 18.9 Å². The maximum absolute atomic E-state index is 12.0. The molecule has 1 aromatic carbocycles. The first-order valence-electron chi connectivity index (χ1n) is 5.10. The molecule has 0 aliphatic rings. The van der Waals surface area contributed by atoms with Crippen LogP contribution in [0.1, 0.15) is 15.9 Å². The molecule has 2 rings (SSSR count). The van der Waals surface area contributed by atoms with Crippen LogP contribution < -0.4 is 4.74 Å². The molecule has 1 heterocycles. The summed E-state index contributed by atoms with van der Waals surface area (Å²) >= 11 is 3.20. The van der Waals surface area contributed by atoms with Crippen LogP contribution in [-0.2, 0) is 6.42 Å². The highest BCUT2D eigenvalue weighted by molar-refractivity contribution is 9.10. The second-order valence-corrected chi connectivity index (χ2v) is 4.24. The quantitative estimate of drug-likeness (QED) is 0.811. The van der Waals surface area contributed by atoms with Gasteiger partial charge in [0.2, 0.25) is 0 Å². The van der Waals surface area contributed by atoms with Crippen molar-refractivity contribution >= 4 is 21.7 Å². The molecule has 1 aromatic heterocycles. The Balaban J connectivity index is 2.22. The number of carbonyl (C=O) groups is 1. The van der Waals surface area contributed by atoms with E-state index in [0.717, 1.165) is 11.3 Å². The molecule has 17 heavy (non-hydrogen) atoms. The fourth-order valence-electron chi connectivity index (χ4n) is 1.61. The molecule has 0 aliphatic carbocycles. The van der Waals surface area contributed by atoms with Crippen LogP contribution in [0, 0.1) is 0 Å². The van der Waals surface area contributed by atoms with Gasteiger partial charge in [-0.15, -0.1) is 0 Å². The molecule has 0 atom stereocenters. The van der Waals surface area contributed by atoms with Crippen molar-refractivity contribution in [3.8, 4) is 5.75 Å². The van der Waals surface area contributed by atoms with Gasteiger partial charge in [0.15, 0.2) is 10.5 Å². The number of Topliss-reactive ketones (excluding diaryl/α,β-unsaturated/α-hetero) is 1. The SMILES string of the molecule is COc1ccccc1CC(=O)c1ccoc1Br. The number of carbonyl (C=O) groups excluding carboxylic acids is 1. The third-order valence-electron chi connectivity index (χ3n) is 2.46. The fourth-order valence-corrected chi connectivity index (χ4v) is 2.07. The second-order valence-electron chi connectivity index (χ2n) is 3.52. The molecule has 3 nitrogen and oxygen atoms in total. The summed E-state index contributed by atoms with van der Waals surface area (Å²) in [5.41, 5.74) is 1.42. The molecule has 88 valence electrons. The number of ketones is 1. The number of rotatable bonds is 4. The van der Waals surface area contributed by atoms with Gasteiger partial charge in [-0.05, 0) is 28.1 Å². The van der Waals surface area contributed by atoms with Gasteiger partial charge in [-0.25, -0.2) is 0 Å². The number of hydrogen-bond acceptors (Lipinski definition) is 3. The highest BCUT2D eigenvalue weighted by Crippen LogP contribution is 2.23. The van der Waals surface area contributed by atoms with Gasteiger partial charge in [0.1, 0.15) is 5.75 Å². The van der Waals surface area contributed by atoms with Crippen molar-refractivity contribution in [3.05, 3.63) is 52.4 Å². The highest BCUT2D eigenvalue weighted by Gasteiger charge is 2.15. The molecule has 0 unspecified atom stereocenters. The number of ether oxygens (including phenoxy) is 1. The second kappa shape index (κ2) is 5.19. The normalized spacial score (nSPS) is 10.2. The Bertz CT molecular complexity index is 531. The number of furan rings is 1. The topological polar surface area (TPSA) is 39.4 Å². The molecule has 4 heteroatoms. The number of halogens is 1. The van der Waals surface area contributed by atoms with Crippen LogP contribution in [0.2, 0.25) is 0 Å². The lowest BCUT2D eigenvalue weighted by Crippen LogP contribution is -2.04. The lowest BCUT2D eigenvalue weighted by atomic mass is 10.0. The van der Waals surface area contributed by atoms with E-state index in [2.05, 4.69) is 15.9 Å². The molecule has 0 spiro atoms. The first-order valence-corrected chi connectivity index (χ1v) is 5.89. The van der Waals surface area contributed by atoms with Gasteiger partial charge >= 0.3 is 0 Å². The first-order chi connectivity index (χ1) is 8.22. The Labute approximate surface area is 108 Å². The Morgan fingerprint density at radius 3 is 2.76 bits per heavy atom. The van der Waals surface area contributed by atoms with Gasteiger partial charge in [-0.1, -0.05) is 18.2 Å². The van der Waals surface area contributed by atoms with Crippen molar-refractivity contribution in [2.24, 2.45) is 0 Å². The van der Waals surface area contributed by atoms with Crippen molar-refractivity contribution in [1.29, 1.82) is 0 Å². The maximum atomic E-state index is 12.0. The Hall–Kier alpha value is -1.55. The summed E-state index contributed by atoms with van der Waals surface area (Å²) < 4.78 is 10.7. The summed E-state index contributed by atoms with van der Waals surface area (Å²) in [5, 5.41) is 0. The van der Waals surface area contributed by atoms with E-state index in [1.54, 1.807) is 13.2 Å². The third kappa shape index (κ3) is 2.58. The number of para-hydroxylation sites is 1. The maximum Gasteiger partial charge on any atom is 0.179 e. The number of hydrogen-bond donors (Lipinski definition) is 0. The van der Waals surface area contributed by atoms with E-state index < -0.39 is 0 Å². The fraction of sp³-hybridized carbons (Fsp3) is 0.154. The molecular weight excluding hydrogens is 284 g/mol. The monoisotopic (exact) mass is 294 g/mol. The average Bonchev–Trinajstić information content (AvgIpc) is 2.76. The van der Waals surface area contributed by atoms with Gasteiger partial charge in [-0.3, -0.25) is 4.79 Å². The zero-order valence-corrected chi connectivity index (χ0v) is 10.9. The predicted molar refractivity (Wildman–Crippen MR) is 67.4 cm³/mol. The summed E-state index contributed by atoms with van der Waals surface area (Å²) in [7, 11) is 1.59. The largest absolute Gasteiger partial charge is 0.496 e. The molecule has 0 amide bonds. The van der Waals surface area contributed by atoms with Crippen LogP contribution in [0.5, 0.6) is 5.75 Å². The summed E-state index contributed by atoms with van der Waals surface area (Å²) in [5.74, 6) is 0.718. The van der Waals surface area contributed by atoms with E-state index in [1.807, 2.05) is 24.3 Å². The lowest BCUT2D eigenvalue weighted by molar-refractivity contribution is 0.0990. The van der Waals surface area contributed by atoms with E-state index in [0.29, 0.717) is 16.7 Å². The summed E-state index contributed by atoms with van der Waals surface area (Å²) in [6.45, 7) is 0. The Morgan fingerprint density at radius 2 is 2.12 bits per heavy atom. The zero-order chi connectivity index (χ0) is 12.3. The van der Waals surface area contributed by atoms with Gasteiger partial charge in [-0.2, -0.15) is 0 Å². The van der Waals surface area contributed by atoms with E-state index in [4.69, 9.17) is 9.15 Å². The molecule has 0 aliphatic heterocycles. The lowest BCUT2D eigenvalue weighted by Gasteiger charge is -2.06. The Kier molecular flexibility index (Phi) is 3.64. The van der Waals surface area contributed by atoms with Crippen LogP contribution >= 0.6 is 15.9 Å². The molecule has 0 N–H and O–H groups in total. The molecule has 0 fully saturated rings. The van der Waals surface area contributed by atoms with E-state index in [1.165, 1.54) is 6.26 Å². The minimum atomic E-state index is -0.00451. The molecule has 0 saturated heterocycles. The molecule has 0 radical (unpaired) electrons. The van der Waals surface area contributed by atoms with Crippen LogP contribution in [0.25, 0.3) is 0 Å². The van der Waals surface area contributed by atoms with Gasteiger partial charge in [0, 0.05) is 12.0 Å². The smallest absolute Gasteiger partial charge is 0.179 e. The van der Waals surface area contributed by atoms with Crippen LogP contribution in [0.4, 0.5) is 0 Å². The first kappa shape index (κ1) is 11.9. The van der Waals surface area contributed by atoms with Crippen molar-refractivity contribution in [2.75, 3.05) is 7.11 Å².